The molecule has 0 saturated carbocycles. The van der Waals surface area contributed by atoms with Gasteiger partial charge in [-0.05, 0) is 36.8 Å². The Kier molecular flexibility index (Phi) is 15.3. The van der Waals surface area contributed by atoms with Crippen LogP contribution < -0.4 is 11.1 Å². The van der Waals surface area contributed by atoms with E-state index in [1.165, 1.54) is 0 Å². The fourth-order valence-electron chi connectivity index (χ4n) is 3.37. The number of hydrogen-bond donors (Lipinski definition) is 7. The first-order chi connectivity index (χ1) is 18.0. The summed E-state index contributed by atoms with van der Waals surface area (Å²) in [5, 5.41) is 46.1. The van der Waals surface area contributed by atoms with Crippen LogP contribution in [-0.2, 0) is 27.2 Å². The van der Waals surface area contributed by atoms with Gasteiger partial charge in [0.25, 0.3) is 0 Å². The van der Waals surface area contributed by atoms with Gasteiger partial charge in [0.05, 0.1) is 12.7 Å². The molecule has 2 rings (SSSR count). The first-order valence-electron chi connectivity index (χ1n) is 12.3. The summed E-state index contributed by atoms with van der Waals surface area (Å²) in [4.78, 5) is 31.7. The van der Waals surface area contributed by atoms with Crippen molar-refractivity contribution < 1.29 is 44.7 Å². The number of alkyl carbamates (subject to hydrolysis) is 1. The lowest BCUT2D eigenvalue weighted by atomic mass is 9.94. The predicted molar refractivity (Wildman–Crippen MR) is 139 cm³/mol. The lowest BCUT2D eigenvalue weighted by Crippen LogP contribution is -2.44. The number of benzene rings is 2. The Morgan fingerprint density at radius 1 is 0.842 bits per heavy atom. The van der Waals surface area contributed by atoms with E-state index in [0.717, 1.165) is 24.0 Å². The summed E-state index contributed by atoms with van der Waals surface area (Å²) in [5.41, 5.74) is 8.40. The summed E-state index contributed by atoms with van der Waals surface area (Å²) in [5.74, 6) is -3.54. The number of carboxylic acid groups (broad SMARTS) is 2. The Morgan fingerprint density at radius 2 is 1.32 bits per heavy atom. The smallest absolute Gasteiger partial charge is 0.407 e. The van der Waals surface area contributed by atoms with Crippen molar-refractivity contribution in [3.8, 4) is 0 Å². The minimum atomic E-state index is -2.27. The normalized spacial score (nSPS) is 14.6. The molecule has 11 nitrogen and oxygen atoms in total. The monoisotopic (exact) mass is 534 g/mol. The average Bonchev–Trinajstić information content (AvgIpc) is 2.89. The quantitative estimate of drug-likeness (QED) is 0.173. The number of carbonyl (C=O) groups is 3. The molecule has 0 bridgehead atoms. The van der Waals surface area contributed by atoms with Crippen LogP contribution in [0.3, 0.4) is 0 Å². The molecule has 1 amide bonds. The van der Waals surface area contributed by atoms with Gasteiger partial charge in [0, 0.05) is 12.1 Å². The molecule has 5 atom stereocenters. The minimum absolute atomic E-state index is 0.256. The second-order valence-corrected chi connectivity index (χ2v) is 8.74. The Balaban J connectivity index is 0.000000612. The van der Waals surface area contributed by atoms with Crippen LogP contribution in [-0.4, -0.2) is 80.6 Å². The number of ether oxygens (including phenoxy) is 1. The van der Waals surface area contributed by atoms with Gasteiger partial charge in [-0.15, -0.1) is 0 Å². The van der Waals surface area contributed by atoms with Crippen LogP contribution in [0.25, 0.3) is 0 Å². The molecular formula is C27H38N2O9. The number of aliphatic hydroxyl groups excluding tert-OH is 3. The zero-order chi connectivity index (χ0) is 28.5. The molecule has 2 aromatic carbocycles. The topological polar surface area (TPSA) is 200 Å². The number of nitrogens with one attached hydrogen (secondary N) is 1. The average molecular weight is 535 g/mol. The van der Waals surface area contributed by atoms with Gasteiger partial charge in [-0.3, -0.25) is 0 Å². The van der Waals surface area contributed by atoms with Gasteiger partial charge in [0.1, 0.15) is 0 Å². The predicted octanol–water partition coefficient (Wildman–Crippen LogP) is 1.32. The van der Waals surface area contributed by atoms with E-state index in [1.807, 2.05) is 67.6 Å². The number of amides is 1. The molecule has 11 heteroatoms. The molecule has 0 aliphatic heterocycles. The number of rotatable bonds is 14. The van der Waals surface area contributed by atoms with Crippen LogP contribution in [0, 0.1) is 0 Å². The summed E-state index contributed by atoms with van der Waals surface area (Å²) in [6, 6.07) is 19.1. The van der Waals surface area contributed by atoms with Crippen molar-refractivity contribution in [3.05, 3.63) is 71.8 Å². The molecule has 0 aliphatic carbocycles. The highest BCUT2D eigenvalue weighted by molar-refractivity contribution is 5.83. The molecule has 0 saturated heterocycles. The van der Waals surface area contributed by atoms with E-state index in [9.17, 15) is 19.5 Å². The molecule has 8 N–H and O–H groups in total. The van der Waals surface area contributed by atoms with E-state index in [1.54, 1.807) is 0 Å². The van der Waals surface area contributed by atoms with Crippen molar-refractivity contribution >= 4 is 18.0 Å². The molecule has 0 radical (unpaired) electrons. The van der Waals surface area contributed by atoms with Crippen molar-refractivity contribution in [1.29, 1.82) is 0 Å². The SMILES string of the molecule is CCCCOC(=O)N[C@@H](Cc1ccccc1)C[C@H](O)[C@@H](N)Cc1ccccc1.O=C(O)C(O)C(O)C(=O)O. The number of carboxylic acids is 2. The summed E-state index contributed by atoms with van der Waals surface area (Å²) >= 11 is 0. The van der Waals surface area contributed by atoms with Crippen molar-refractivity contribution in [2.75, 3.05) is 6.61 Å². The van der Waals surface area contributed by atoms with Crippen LogP contribution in [0.2, 0.25) is 0 Å². The maximum absolute atomic E-state index is 12.1. The van der Waals surface area contributed by atoms with Crippen molar-refractivity contribution in [2.24, 2.45) is 5.73 Å². The Morgan fingerprint density at radius 3 is 1.76 bits per heavy atom. The number of aliphatic carboxylic acids is 2. The van der Waals surface area contributed by atoms with Gasteiger partial charge in [-0.25, -0.2) is 14.4 Å². The summed E-state index contributed by atoms with van der Waals surface area (Å²) in [6.07, 6.45) is -2.35. The Labute approximate surface area is 221 Å². The van der Waals surface area contributed by atoms with E-state index in [-0.39, 0.29) is 6.04 Å². The third kappa shape index (κ3) is 13.2. The van der Waals surface area contributed by atoms with Crippen LogP contribution >= 0.6 is 0 Å². The lowest BCUT2D eigenvalue weighted by Gasteiger charge is -2.25. The zero-order valence-corrected chi connectivity index (χ0v) is 21.3. The second kappa shape index (κ2) is 17.9. The summed E-state index contributed by atoms with van der Waals surface area (Å²) in [6.45, 7) is 2.44. The summed E-state index contributed by atoms with van der Waals surface area (Å²) in [7, 11) is 0. The molecule has 210 valence electrons. The van der Waals surface area contributed by atoms with E-state index in [0.29, 0.717) is 25.9 Å². The molecule has 0 fully saturated rings. The highest BCUT2D eigenvalue weighted by atomic mass is 16.5. The fraction of sp³-hybridized carbons (Fsp3) is 0.444. The van der Waals surface area contributed by atoms with Gasteiger partial charge in [0.2, 0.25) is 0 Å². The highest BCUT2D eigenvalue weighted by Crippen LogP contribution is 2.13. The molecule has 38 heavy (non-hydrogen) atoms. The number of unbranched alkanes of at least 4 members (excludes halogenated alkanes) is 1. The molecule has 2 unspecified atom stereocenters. The van der Waals surface area contributed by atoms with Gasteiger partial charge in [-0.2, -0.15) is 0 Å². The zero-order valence-electron chi connectivity index (χ0n) is 21.3. The van der Waals surface area contributed by atoms with Crippen molar-refractivity contribution in [3.63, 3.8) is 0 Å². The maximum Gasteiger partial charge on any atom is 0.407 e. The Hall–Kier alpha value is -3.51. The first-order valence-corrected chi connectivity index (χ1v) is 12.3. The first kappa shape index (κ1) is 32.5. The van der Waals surface area contributed by atoms with Crippen LogP contribution in [0.4, 0.5) is 4.79 Å². The van der Waals surface area contributed by atoms with Crippen molar-refractivity contribution in [1.82, 2.24) is 5.32 Å². The van der Waals surface area contributed by atoms with E-state index in [2.05, 4.69) is 5.32 Å². The van der Waals surface area contributed by atoms with E-state index in [4.69, 9.17) is 30.9 Å². The van der Waals surface area contributed by atoms with Gasteiger partial charge in [0.15, 0.2) is 12.2 Å². The fourth-order valence-corrected chi connectivity index (χ4v) is 3.37. The number of hydrogen-bond acceptors (Lipinski definition) is 8. The third-order valence-electron chi connectivity index (χ3n) is 5.52. The maximum atomic E-state index is 12.1. The van der Waals surface area contributed by atoms with Gasteiger partial charge in [-0.1, -0.05) is 74.0 Å². The van der Waals surface area contributed by atoms with Crippen LogP contribution in [0.15, 0.2) is 60.7 Å². The second-order valence-electron chi connectivity index (χ2n) is 8.74. The van der Waals surface area contributed by atoms with Crippen molar-refractivity contribution in [2.45, 2.75) is 69.4 Å². The lowest BCUT2D eigenvalue weighted by molar-refractivity contribution is -0.165. The summed E-state index contributed by atoms with van der Waals surface area (Å²) < 4.78 is 5.23. The highest BCUT2D eigenvalue weighted by Gasteiger charge is 2.29. The minimum Gasteiger partial charge on any atom is -0.479 e. The number of nitrogens with two attached hydrogens (primary N) is 1. The number of carbonyl (C=O) groups excluding carboxylic acids is 1. The standard InChI is InChI=1S/C23H32N2O3.C4H6O6/c1-2-3-14-28-23(27)25-20(15-18-10-6-4-7-11-18)17-22(26)21(24)16-19-12-8-5-9-13-19;5-1(3(7)8)2(6)4(9)10/h4-13,20-22,26H,2-3,14-17,24H2,1H3,(H,25,27);1-2,5-6H,(H,7,8)(H,9,10)/t20-,21-,22-;/m0./s1. The molecule has 0 aliphatic rings. The molecular weight excluding hydrogens is 496 g/mol. The third-order valence-corrected chi connectivity index (χ3v) is 5.52. The van der Waals surface area contributed by atoms with Gasteiger partial charge >= 0.3 is 18.0 Å². The molecule has 2 aromatic rings. The van der Waals surface area contributed by atoms with E-state index < -0.39 is 42.4 Å². The van der Waals surface area contributed by atoms with E-state index >= 15 is 0 Å². The van der Waals surface area contributed by atoms with Crippen LogP contribution in [0.1, 0.15) is 37.3 Å². The Bertz CT molecular complexity index is 942. The number of aliphatic hydroxyl groups is 3. The van der Waals surface area contributed by atoms with Crippen LogP contribution in [0.5, 0.6) is 0 Å². The molecule has 0 heterocycles. The molecule has 0 aromatic heterocycles. The van der Waals surface area contributed by atoms with Gasteiger partial charge < -0.3 is 41.3 Å². The molecule has 0 spiro atoms. The largest absolute Gasteiger partial charge is 0.479 e.